The Labute approximate surface area is 56.0 Å². The van der Waals surface area contributed by atoms with E-state index in [0.29, 0.717) is 0 Å². The normalized spacial score (nSPS) is 32.9. The van der Waals surface area contributed by atoms with Gasteiger partial charge in [-0.1, -0.05) is 18.7 Å². The van der Waals surface area contributed by atoms with Gasteiger partial charge in [0.1, 0.15) is 12.4 Å². The first-order valence-corrected chi connectivity index (χ1v) is 3.05. The molecule has 1 aliphatic heterocycles. The van der Waals surface area contributed by atoms with E-state index in [1.807, 2.05) is 6.92 Å². The van der Waals surface area contributed by atoms with Crippen LogP contribution in [0, 0.1) is 5.41 Å². The average Bonchev–Trinajstić information content (AvgIpc) is 1.82. The summed E-state index contributed by atoms with van der Waals surface area (Å²) in [5.74, 6) is 0.856. The second-order valence-corrected chi connectivity index (χ2v) is 2.82. The fourth-order valence-corrected chi connectivity index (χ4v) is 0.752. The lowest BCUT2D eigenvalue weighted by molar-refractivity contribution is 0.00348. The van der Waals surface area contributed by atoms with Gasteiger partial charge in [0.25, 0.3) is 0 Å². The lowest BCUT2D eigenvalue weighted by atomic mass is 9.79. The standard InChI is InChI=1S/C8H12O/c1-6(2)8(4)5-9-7(8)3/h1,3,5H2,2,4H3. The minimum absolute atomic E-state index is 0.0694. The Hall–Kier alpha value is -0.720. The first-order valence-electron chi connectivity index (χ1n) is 3.05. The van der Waals surface area contributed by atoms with Gasteiger partial charge in [-0.3, -0.25) is 0 Å². The zero-order valence-corrected chi connectivity index (χ0v) is 6.03. The Morgan fingerprint density at radius 1 is 1.78 bits per heavy atom. The van der Waals surface area contributed by atoms with E-state index in [1.165, 1.54) is 0 Å². The van der Waals surface area contributed by atoms with Crippen LogP contribution < -0.4 is 0 Å². The molecule has 0 aromatic heterocycles. The third kappa shape index (κ3) is 0.680. The maximum atomic E-state index is 5.05. The smallest absolute Gasteiger partial charge is 0.104 e. The first-order chi connectivity index (χ1) is 4.07. The van der Waals surface area contributed by atoms with Crippen molar-refractivity contribution in [3.05, 3.63) is 24.5 Å². The summed E-state index contributed by atoms with van der Waals surface area (Å²) in [7, 11) is 0. The highest BCUT2D eigenvalue weighted by Crippen LogP contribution is 2.42. The van der Waals surface area contributed by atoms with Gasteiger partial charge in [0.15, 0.2) is 0 Å². The van der Waals surface area contributed by atoms with Gasteiger partial charge in [-0.2, -0.15) is 0 Å². The van der Waals surface area contributed by atoms with Gasteiger partial charge in [0, 0.05) is 0 Å². The summed E-state index contributed by atoms with van der Waals surface area (Å²) in [5, 5.41) is 0. The van der Waals surface area contributed by atoms with Crippen LogP contribution in [-0.2, 0) is 4.74 Å². The third-order valence-electron chi connectivity index (χ3n) is 2.09. The number of ether oxygens (including phenoxy) is 1. The van der Waals surface area contributed by atoms with Crippen molar-refractivity contribution in [1.29, 1.82) is 0 Å². The molecule has 1 heteroatoms. The molecule has 0 amide bonds. The average molecular weight is 124 g/mol. The molecule has 1 unspecified atom stereocenters. The van der Waals surface area contributed by atoms with E-state index in [9.17, 15) is 0 Å². The summed E-state index contributed by atoms with van der Waals surface area (Å²) < 4.78 is 5.05. The van der Waals surface area contributed by atoms with Gasteiger partial charge in [0.05, 0.1) is 5.41 Å². The van der Waals surface area contributed by atoms with E-state index in [-0.39, 0.29) is 5.41 Å². The predicted molar refractivity (Wildman–Crippen MR) is 38.0 cm³/mol. The van der Waals surface area contributed by atoms with Crippen LogP contribution >= 0.6 is 0 Å². The molecule has 1 aliphatic rings. The summed E-state index contributed by atoms with van der Waals surface area (Å²) in [4.78, 5) is 0. The molecule has 0 aromatic rings. The van der Waals surface area contributed by atoms with Crippen LogP contribution in [-0.4, -0.2) is 6.61 Å². The van der Waals surface area contributed by atoms with Gasteiger partial charge < -0.3 is 4.74 Å². The Bertz CT molecular complexity index is 159. The van der Waals surface area contributed by atoms with Crippen LogP contribution in [0.2, 0.25) is 0 Å². The fraction of sp³-hybridized carbons (Fsp3) is 0.500. The van der Waals surface area contributed by atoms with E-state index in [4.69, 9.17) is 4.74 Å². The highest BCUT2D eigenvalue weighted by Gasteiger charge is 2.39. The van der Waals surface area contributed by atoms with Crippen molar-refractivity contribution in [2.24, 2.45) is 5.41 Å². The molecule has 1 nitrogen and oxygen atoms in total. The molecular formula is C8H12O. The summed E-state index contributed by atoms with van der Waals surface area (Å²) in [6.07, 6.45) is 0. The molecule has 0 aliphatic carbocycles. The highest BCUT2D eigenvalue weighted by molar-refractivity contribution is 5.24. The van der Waals surface area contributed by atoms with Crippen LogP contribution in [0.15, 0.2) is 24.5 Å². The van der Waals surface area contributed by atoms with Crippen molar-refractivity contribution in [3.63, 3.8) is 0 Å². The Morgan fingerprint density at radius 2 is 2.33 bits per heavy atom. The zero-order chi connectivity index (χ0) is 7.07. The molecule has 1 fully saturated rings. The maximum absolute atomic E-state index is 5.05. The van der Waals surface area contributed by atoms with Gasteiger partial charge in [0.2, 0.25) is 0 Å². The first kappa shape index (κ1) is 6.40. The molecule has 1 saturated heterocycles. The van der Waals surface area contributed by atoms with Gasteiger partial charge in [-0.15, -0.1) is 0 Å². The van der Waals surface area contributed by atoms with Crippen LogP contribution in [0.25, 0.3) is 0 Å². The molecule has 0 bridgehead atoms. The molecule has 1 atom stereocenters. The van der Waals surface area contributed by atoms with Crippen molar-refractivity contribution < 1.29 is 4.74 Å². The topological polar surface area (TPSA) is 9.23 Å². The predicted octanol–water partition coefficient (Wildman–Crippen LogP) is 2.11. The Kier molecular flexibility index (Phi) is 1.16. The summed E-state index contributed by atoms with van der Waals surface area (Å²) in [5.41, 5.74) is 1.21. The molecule has 9 heavy (non-hydrogen) atoms. The molecule has 0 N–H and O–H groups in total. The molecule has 0 spiro atoms. The Morgan fingerprint density at radius 3 is 2.33 bits per heavy atom. The van der Waals surface area contributed by atoms with Crippen LogP contribution in [0.4, 0.5) is 0 Å². The van der Waals surface area contributed by atoms with Gasteiger partial charge >= 0.3 is 0 Å². The summed E-state index contributed by atoms with van der Waals surface area (Å²) >= 11 is 0. The minimum Gasteiger partial charge on any atom is -0.496 e. The van der Waals surface area contributed by atoms with Gasteiger partial charge in [-0.05, 0) is 13.8 Å². The van der Waals surface area contributed by atoms with Crippen molar-refractivity contribution in [2.75, 3.05) is 6.61 Å². The van der Waals surface area contributed by atoms with E-state index in [2.05, 4.69) is 20.1 Å². The van der Waals surface area contributed by atoms with E-state index < -0.39 is 0 Å². The van der Waals surface area contributed by atoms with Crippen molar-refractivity contribution in [1.82, 2.24) is 0 Å². The molecular weight excluding hydrogens is 112 g/mol. The summed E-state index contributed by atoms with van der Waals surface area (Å²) in [6, 6.07) is 0. The van der Waals surface area contributed by atoms with Crippen LogP contribution in [0.1, 0.15) is 13.8 Å². The molecule has 1 rings (SSSR count). The van der Waals surface area contributed by atoms with E-state index >= 15 is 0 Å². The SMILES string of the molecule is C=C(C)C1(C)COC1=C. The molecule has 0 saturated carbocycles. The number of hydrogen-bond acceptors (Lipinski definition) is 1. The van der Waals surface area contributed by atoms with Crippen molar-refractivity contribution in [3.8, 4) is 0 Å². The minimum atomic E-state index is 0.0694. The molecule has 1 heterocycles. The van der Waals surface area contributed by atoms with Crippen LogP contribution in [0.3, 0.4) is 0 Å². The lowest BCUT2D eigenvalue weighted by Crippen LogP contribution is -2.37. The van der Waals surface area contributed by atoms with E-state index in [0.717, 1.165) is 17.9 Å². The molecule has 50 valence electrons. The largest absolute Gasteiger partial charge is 0.496 e. The second kappa shape index (κ2) is 1.63. The number of rotatable bonds is 1. The number of hydrogen-bond donors (Lipinski definition) is 0. The van der Waals surface area contributed by atoms with Crippen LogP contribution in [0.5, 0.6) is 0 Å². The van der Waals surface area contributed by atoms with Crippen molar-refractivity contribution in [2.45, 2.75) is 13.8 Å². The van der Waals surface area contributed by atoms with Crippen molar-refractivity contribution >= 4 is 0 Å². The second-order valence-electron chi connectivity index (χ2n) is 2.82. The quantitative estimate of drug-likeness (QED) is 0.486. The maximum Gasteiger partial charge on any atom is 0.104 e. The highest BCUT2D eigenvalue weighted by atomic mass is 16.5. The molecule has 0 aromatic carbocycles. The lowest BCUT2D eigenvalue weighted by Gasteiger charge is -2.41. The Balaban J connectivity index is 2.76. The van der Waals surface area contributed by atoms with Gasteiger partial charge in [-0.25, -0.2) is 0 Å². The monoisotopic (exact) mass is 124 g/mol. The van der Waals surface area contributed by atoms with E-state index in [1.54, 1.807) is 0 Å². The molecule has 0 radical (unpaired) electrons. The summed E-state index contributed by atoms with van der Waals surface area (Å²) in [6.45, 7) is 12.5. The zero-order valence-electron chi connectivity index (χ0n) is 6.03. The fourth-order valence-electron chi connectivity index (χ4n) is 0.752. The third-order valence-corrected chi connectivity index (χ3v) is 2.09.